The maximum atomic E-state index is 13.3. The van der Waals surface area contributed by atoms with Gasteiger partial charge in [0.15, 0.2) is 11.5 Å². The van der Waals surface area contributed by atoms with Crippen LogP contribution in [0.5, 0.6) is 0 Å². The molecule has 0 radical (unpaired) electrons. The van der Waals surface area contributed by atoms with E-state index >= 15 is 0 Å². The van der Waals surface area contributed by atoms with Crippen LogP contribution >= 0.6 is 0 Å². The zero-order valence-electron chi connectivity index (χ0n) is 19.2. The Morgan fingerprint density at radius 2 is 1.53 bits per heavy atom. The van der Waals surface area contributed by atoms with E-state index in [0.29, 0.717) is 35.3 Å². The molecule has 184 valence electrons. The predicted octanol–water partition coefficient (Wildman–Crippen LogP) is 4.88. The average molecular weight is 507 g/mol. The molecule has 0 saturated carbocycles. The monoisotopic (exact) mass is 506 g/mol. The third-order valence-corrected chi connectivity index (χ3v) is 8.13. The number of sulfonamides is 1. The van der Waals surface area contributed by atoms with Crippen LogP contribution in [-0.4, -0.2) is 43.9 Å². The number of hydrogen-bond acceptors (Lipinski definition) is 6. The van der Waals surface area contributed by atoms with Crippen LogP contribution < -0.4 is 5.32 Å². The summed E-state index contributed by atoms with van der Waals surface area (Å²) in [4.78, 5) is 26.2. The maximum absolute atomic E-state index is 13.3. The van der Waals surface area contributed by atoms with Crippen molar-refractivity contribution in [3.63, 3.8) is 0 Å². The molecule has 36 heavy (non-hydrogen) atoms. The van der Waals surface area contributed by atoms with Gasteiger partial charge in [0.25, 0.3) is 0 Å². The van der Waals surface area contributed by atoms with Crippen molar-refractivity contribution in [2.24, 2.45) is 0 Å². The van der Waals surface area contributed by atoms with E-state index in [4.69, 9.17) is 4.42 Å². The minimum absolute atomic E-state index is 0.0164. The van der Waals surface area contributed by atoms with Crippen LogP contribution in [0.15, 0.2) is 82.1 Å². The van der Waals surface area contributed by atoms with E-state index < -0.39 is 21.6 Å². The summed E-state index contributed by atoms with van der Waals surface area (Å²) in [7, 11) is -3.56. The summed E-state index contributed by atoms with van der Waals surface area (Å²) in [6.07, 6.45) is 1.69. The fourth-order valence-corrected chi connectivity index (χ4v) is 5.79. The van der Waals surface area contributed by atoms with Crippen molar-refractivity contribution in [3.8, 4) is 0 Å². The smallest absolute Gasteiger partial charge is 0.243 e. The highest BCUT2D eigenvalue weighted by Gasteiger charge is 2.27. The molecule has 0 atom stereocenters. The lowest BCUT2D eigenvalue weighted by atomic mass is 10.1. The van der Waals surface area contributed by atoms with E-state index in [2.05, 4.69) is 5.32 Å². The van der Waals surface area contributed by atoms with E-state index in [1.807, 2.05) is 0 Å². The number of ketones is 2. The Morgan fingerprint density at radius 1 is 0.889 bits per heavy atom. The fraction of sp³-hybridized carbons (Fsp3) is 0.185. The zero-order chi connectivity index (χ0) is 25.3. The number of rotatable bonds is 8. The first-order chi connectivity index (χ1) is 17.3. The van der Waals surface area contributed by atoms with Gasteiger partial charge in [-0.2, -0.15) is 4.31 Å². The molecule has 1 N–H and O–H groups in total. The van der Waals surface area contributed by atoms with E-state index in [1.54, 1.807) is 24.3 Å². The van der Waals surface area contributed by atoms with Crippen molar-refractivity contribution in [3.05, 3.63) is 95.5 Å². The van der Waals surface area contributed by atoms with Gasteiger partial charge in [-0.15, -0.1) is 0 Å². The summed E-state index contributed by atoms with van der Waals surface area (Å²) in [5, 5.41) is 3.65. The van der Waals surface area contributed by atoms with Crippen LogP contribution in [0.1, 0.15) is 39.3 Å². The number of halogens is 1. The van der Waals surface area contributed by atoms with Gasteiger partial charge in [0.2, 0.25) is 15.8 Å². The third-order valence-electron chi connectivity index (χ3n) is 6.21. The topological polar surface area (TPSA) is 96.7 Å². The molecule has 5 rings (SSSR count). The molecule has 0 bridgehead atoms. The van der Waals surface area contributed by atoms with Gasteiger partial charge in [0.1, 0.15) is 11.4 Å². The predicted molar refractivity (Wildman–Crippen MR) is 133 cm³/mol. The van der Waals surface area contributed by atoms with E-state index in [-0.39, 0.29) is 28.5 Å². The number of benzene rings is 3. The van der Waals surface area contributed by atoms with Gasteiger partial charge in [0, 0.05) is 29.6 Å². The van der Waals surface area contributed by atoms with Crippen LogP contribution in [0.4, 0.5) is 10.1 Å². The summed E-state index contributed by atoms with van der Waals surface area (Å²) < 4.78 is 46.0. The van der Waals surface area contributed by atoms with Gasteiger partial charge in [-0.1, -0.05) is 12.1 Å². The lowest BCUT2D eigenvalue weighted by Gasteiger charge is -2.15. The van der Waals surface area contributed by atoms with Crippen LogP contribution in [0.25, 0.3) is 11.0 Å². The Labute approximate surface area is 207 Å². The first kappa shape index (κ1) is 23.9. The molecule has 1 aliphatic heterocycles. The van der Waals surface area contributed by atoms with Gasteiger partial charge >= 0.3 is 0 Å². The SMILES string of the molecule is O=C(CNc1c(C(=O)c2ccc(F)cc2)oc2ccccc12)c1ccc(S(=O)(=O)N2CCCC2)cc1. The Balaban J connectivity index is 1.37. The second-order valence-corrected chi connectivity index (χ2v) is 10.5. The van der Waals surface area contributed by atoms with Crippen molar-refractivity contribution in [2.75, 3.05) is 25.0 Å². The number of fused-ring (bicyclic) bond motifs is 1. The molecule has 3 aromatic carbocycles. The molecule has 9 heteroatoms. The molecule has 7 nitrogen and oxygen atoms in total. The minimum atomic E-state index is -3.56. The van der Waals surface area contributed by atoms with Crippen molar-refractivity contribution in [1.82, 2.24) is 4.31 Å². The highest BCUT2D eigenvalue weighted by molar-refractivity contribution is 7.89. The number of carbonyl (C=O) groups is 2. The maximum Gasteiger partial charge on any atom is 0.243 e. The molecule has 0 unspecified atom stereocenters. The number of nitrogens with zero attached hydrogens (tertiary/aromatic N) is 1. The van der Waals surface area contributed by atoms with Gasteiger partial charge in [0.05, 0.1) is 17.1 Å². The Bertz CT molecular complexity index is 1540. The quantitative estimate of drug-likeness (QED) is 0.342. The van der Waals surface area contributed by atoms with Gasteiger partial charge < -0.3 is 9.73 Å². The summed E-state index contributed by atoms with van der Waals surface area (Å²) in [6, 6.07) is 18.0. The van der Waals surface area contributed by atoms with Crippen molar-refractivity contribution in [1.29, 1.82) is 0 Å². The zero-order valence-corrected chi connectivity index (χ0v) is 20.1. The largest absolute Gasteiger partial charge is 0.450 e. The van der Waals surface area contributed by atoms with Crippen molar-refractivity contribution < 1.29 is 26.8 Å². The normalized spacial score (nSPS) is 14.2. The van der Waals surface area contributed by atoms with Crippen molar-refractivity contribution >= 4 is 38.2 Å². The number of Topliss-reactive ketones (excluding diaryl/α,β-unsaturated/α-hetero) is 1. The molecule has 2 heterocycles. The van der Waals surface area contributed by atoms with Crippen LogP contribution in [0, 0.1) is 5.82 Å². The Hall–Kier alpha value is -3.82. The summed E-state index contributed by atoms with van der Waals surface area (Å²) in [5.41, 5.74) is 1.41. The molecule has 4 aromatic rings. The molecule has 1 fully saturated rings. The fourth-order valence-electron chi connectivity index (χ4n) is 4.27. The summed E-state index contributed by atoms with van der Waals surface area (Å²) in [6.45, 7) is 0.862. The average Bonchev–Trinajstić information content (AvgIpc) is 3.56. The molecule has 0 spiro atoms. The van der Waals surface area contributed by atoms with Gasteiger partial charge in [-0.05, 0) is 73.5 Å². The molecule has 1 aliphatic rings. The first-order valence-electron chi connectivity index (χ1n) is 11.5. The molecule has 1 saturated heterocycles. The van der Waals surface area contributed by atoms with Gasteiger partial charge in [-0.25, -0.2) is 12.8 Å². The number of nitrogens with one attached hydrogen (secondary N) is 1. The number of anilines is 1. The van der Waals surface area contributed by atoms with Crippen LogP contribution in [-0.2, 0) is 10.0 Å². The van der Waals surface area contributed by atoms with Crippen molar-refractivity contribution in [2.45, 2.75) is 17.7 Å². The van der Waals surface area contributed by atoms with E-state index in [1.165, 1.54) is 52.8 Å². The molecular formula is C27H23FN2O5S. The number of para-hydroxylation sites is 1. The minimum Gasteiger partial charge on any atom is -0.450 e. The second kappa shape index (κ2) is 9.67. The van der Waals surface area contributed by atoms with E-state index in [0.717, 1.165) is 12.8 Å². The Kier molecular flexibility index (Phi) is 6.42. The lowest BCUT2D eigenvalue weighted by molar-refractivity contribution is 0.0997. The third kappa shape index (κ3) is 4.55. The highest BCUT2D eigenvalue weighted by Crippen LogP contribution is 2.32. The standard InChI is InChI=1S/C27H23FN2O5S/c28-20-11-7-19(8-12-20)26(32)27-25(22-5-1-2-6-24(22)35-27)29-17-23(31)18-9-13-21(14-10-18)36(33,34)30-15-3-4-16-30/h1-2,5-14,29H,3-4,15-17H2. The van der Waals surface area contributed by atoms with E-state index in [9.17, 15) is 22.4 Å². The molecule has 1 aromatic heterocycles. The molecule has 0 aliphatic carbocycles. The number of hydrogen-bond donors (Lipinski definition) is 1. The second-order valence-electron chi connectivity index (χ2n) is 8.55. The Morgan fingerprint density at radius 3 is 2.22 bits per heavy atom. The number of furan rings is 1. The number of carbonyl (C=O) groups excluding carboxylic acids is 2. The summed E-state index contributed by atoms with van der Waals surface area (Å²) in [5.74, 6) is -1.18. The molecule has 0 amide bonds. The van der Waals surface area contributed by atoms with Crippen LogP contribution in [0.3, 0.4) is 0 Å². The first-order valence-corrected chi connectivity index (χ1v) is 13.0. The lowest BCUT2D eigenvalue weighted by Crippen LogP contribution is -2.27. The highest BCUT2D eigenvalue weighted by atomic mass is 32.2. The van der Waals surface area contributed by atoms with Gasteiger partial charge in [-0.3, -0.25) is 9.59 Å². The molecular weight excluding hydrogens is 483 g/mol. The summed E-state index contributed by atoms with van der Waals surface area (Å²) >= 11 is 0. The van der Waals surface area contributed by atoms with Crippen LogP contribution in [0.2, 0.25) is 0 Å².